The summed E-state index contributed by atoms with van der Waals surface area (Å²) in [5.41, 5.74) is 1.08. The number of aliphatic hydroxyl groups is 1. The summed E-state index contributed by atoms with van der Waals surface area (Å²) in [6, 6.07) is 13.5. The van der Waals surface area contributed by atoms with Crippen LogP contribution in [0.25, 0.3) is 0 Å². The molecule has 0 aliphatic rings. The topological polar surface area (TPSA) is 20.2 Å². The van der Waals surface area contributed by atoms with Gasteiger partial charge in [0.25, 0.3) is 0 Å². The van der Waals surface area contributed by atoms with Crippen molar-refractivity contribution < 1.29 is 13.9 Å². The van der Waals surface area contributed by atoms with Crippen LogP contribution in [-0.4, -0.2) is 5.11 Å². The smallest absolute Gasteiger partial charge is 0.164 e. The highest BCUT2D eigenvalue weighted by Crippen LogP contribution is 2.23. The molecule has 0 aliphatic carbocycles. The summed E-state index contributed by atoms with van der Waals surface area (Å²) in [5.74, 6) is -1.88. The number of halogens is 2. The van der Waals surface area contributed by atoms with E-state index in [2.05, 4.69) is 0 Å². The second-order valence-corrected chi connectivity index (χ2v) is 4.18. The Hall–Kier alpha value is -1.74. The Balaban J connectivity index is 2.04. The van der Waals surface area contributed by atoms with Crippen LogP contribution in [0.5, 0.6) is 0 Å². The van der Waals surface area contributed by atoms with Crippen molar-refractivity contribution in [1.82, 2.24) is 0 Å². The first kappa shape index (κ1) is 12.7. The van der Waals surface area contributed by atoms with Gasteiger partial charge in [-0.25, -0.2) is 8.78 Å². The van der Waals surface area contributed by atoms with Crippen molar-refractivity contribution in [3.8, 4) is 0 Å². The first-order valence-electron chi connectivity index (χ1n) is 5.84. The summed E-state index contributed by atoms with van der Waals surface area (Å²) in [6.45, 7) is 0. The zero-order valence-electron chi connectivity index (χ0n) is 9.81. The summed E-state index contributed by atoms with van der Waals surface area (Å²) >= 11 is 0. The van der Waals surface area contributed by atoms with E-state index in [1.807, 2.05) is 30.3 Å². The van der Waals surface area contributed by atoms with E-state index in [1.165, 1.54) is 12.1 Å². The Morgan fingerprint density at radius 3 is 2.39 bits per heavy atom. The van der Waals surface area contributed by atoms with Crippen LogP contribution in [0.1, 0.15) is 23.7 Å². The molecule has 94 valence electrons. The van der Waals surface area contributed by atoms with Crippen molar-refractivity contribution in [3.05, 3.63) is 71.3 Å². The standard InChI is InChI=1S/C15H14F2O/c16-13-8-4-7-12(15(13)17)14(18)10-9-11-5-2-1-3-6-11/h1-8,14,18H,9-10H2. The van der Waals surface area contributed by atoms with Gasteiger partial charge in [-0.2, -0.15) is 0 Å². The number of benzene rings is 2. The van der Waals surface area contributed by atoms with Gasteiger partial charge in [-0.15, -0.1) is 0 Å². The Labute approximate surface area is 105 Å². The molecule has 1 nitrogen and oxygen atoms in total. The van der Waals surface area contributed by atoms with Crippen LogP contribution in [0.2, 0.25) is 0 Å². The third-order valence-electron chi connectivity index (χ3n) is 2.89. The highest BCUT2D eigenvalue weighted by atomic mass is 19.2. The lowest BCUT2D eigenvalue weighted by atomic mass is 10.0. The number of aliphatic hydroxyl groups excluding tert-OH is 1. The molecular formula is C15H14F2O. The van der Waals surface area contributed by atoms with Crippen molar-refractivity contribution in [2.75, 3.05) is 0 Å². The van der Waals surface area contributed by atoms with Crippen LogP contribution in [0, 0.1) is 11.6 Å². The van der Waals surface area contributed by atoms with Crippen molar-refractivity contribution in [3.63, 3.8) is 0 Å². The maximum atomic E-state index is 13.4. The molecule has 18 heavy (non-hydrogen) atoms. The van der Waals surface area contributed by atoms with E-state index in [0.29, 0.717) is 12.8 Å². The predicted molar refractivity (Wildman–Crippen MR) is 66.1 cm³/mol. The fraction of sp³-hybridized carbons (Fsp3) is 0.200. The second-order valence-electron chi connectivity index (χ2n) is 4.18. The van der Waals surface area contributed by atoms with E-state index in [9.17, 15) is 13.9 Å². The zero-order chi connectivity index (χ0) is 13.0. The lowest BCUT2D eigenvalue weighted by Gasteiger charge is -2.12. The van der Waals surface area contributed by atoms with Crippen LogP contribution in [0.15, 0.2) is 48.5 Å². The second kappa shape index (κ2) is 5.74. The van der Waals surface area contributed by atoms with E-state index in [-0.39, 0.29) is 5.56 Å². The minimum absolute atomic E-state index is 0.0194. The largest absolute Gasteiger partial charge is 0.388 e. The van der Waals surface area contributed by atoms with Crippen LogP contribution < -0.4 is 0 Å². The van der Waals surface area contributed by atoms with E-state index < -0.39 is 17.7 Å². The van der Waals surface area contributed by atoms with Crippen LogP contribution in [0.3, 0.4) is 0 Å². The highest BCUT2D eigenvalue weighted by molar-refractivity contribution is 5.22. The third-order valence-corrected chi connectivity index (χ3v) is 2.89. The predicted octanol–water partition coefficient (Wildman–Crippen LogP) is 3.63. The van der Waals surface area contributed by atoms with Crippen LogP contribution >= 0.6 is 0 Å². The molecule has 1 N–H and O–H groups in total. The molecule has 0 saturated carbocycles. The van der Waals surface area contributed by atoms with Gasteiger partial charge in [0.15, 0.2) is 11.6 Å². The molecule has 0 radical (unpaired) electrons. The first-order valence-corrected chi connectivity index (χ1v) is 5.84. The van der Waals surface area contributed by atoms with Crippen molar-refractivity contribution in [1.29, 1.82) is 0 Å². The quantitative estimate of drug-likeness (QED) is 0.876. The van der Waals surface area contributed by atoms with Crippen molar-refractivity contribution >= 4 is 0 Å². The molecule has 2 aromatic rings. The molecule has 0 saturated heterocycles. The molecule has 0 bridgehead atoms. The zero-order valence-corrected chi connectivity index (χ0v) is 9.81. The molecule has 0 fully saturated rings. The van der Waals surface area contributed by atoms with Gasteiger partial charge in [-0.05, 0) is 24.5 Å². The molecule has 0 aliphatic heterocycles. The molecule has 1 atom stereocenters. The molecule has 2 rings (SSSR count). The van der Waals surface area contributed by atoms with E-state index >= 15 is 0 Å². The summed E-state index contributed by atoms with van der Waals surface area (Å²) in [6.07, 6.45) is 0.00317. The van der Waals surface area contributed by atoms with E-state index in [4.69, 9.17) is 0 Å². The molecule has 0 amide bonds. The highest BCUT2D eigenvalue weighted by Gasteiger charge is 2.15. The van der Waals surface area contributed by atoms with Gasteiger partial charge >= 0.3 is 0 Å². The molecule has 0 heterocycles. The average Bonchev–Trinajstić information content (AvgIpc) is 2.40. The van der Waals surface area contributed by atoms with Crippen LogP contribution in [0.4, 0.5) is 8.78 Å². The molecule has 2 aromatic carbocycles. The average molecular weight is 248 g/mol. The maximum absolute atomic E-state index is 13.4. The van der Waals surface area contributed by atoms with Gasteiger partial charge in [-0.1, -0.05) is 42.5 Å². The summed E-state index contributed by atoms with van der Waals surface area (Å²) in [4.78, 5) is 0. The van der Waals surface area contributed by atoms with Crippen molar-refractivity contribution in [2.24, 2.45) is 0 Å². The molecule has 1 unspecified atom stereocenters. The summed E-state index contributed by atoms with van der Waals surface area (Å²) in [5, 5.41) is 9.88. The van der Waals surface area contributed by atoms with Gasteiger partial charge in [-0.3, -0.25) is 0 Å². The van der Waals surface area contributed by atoms with Gasteiger partial charge in [0, 0.05) is 5.56 Å². The van der Waals surface area contributed by atoms with Gasteiger partial charge in [0.2, 0.25) is 0 Å². The number of rotatable bonds is 4. The van der Waals surface area contributed by atoms with Gasteiger partial charge in [0.1, 0.15) is 0 Å². The van der Waals surface area contributed by atoms with Crippen molar-refractivity contribution in [2.45, 2.75) is 18.9 Å². The SMILES string of the molecule is OC(CCc1ccccc1)c1cccc(F)c1F. The van der Waals surface area contributed by atoms with E-state index in [1.54, 1.807) is 0 Å². The minimum atomic E-state index is -0.985. The van der Waals surface area contributed by atoms with E-state index in [0.717, 1.165) is 11.6 Å². The molecule has 0 spiro atoms. The number of hydrogen-bond acceptors (Lipinski definition) is 1. The summed E-state index contributed by atoms with van der Waals surface area (Å²) < 4.78 is 26.5. The normalized spacial score (nSPS) is 12.4. The number of aryl methyl sites for hydroxylation is 1. The Morgan fingerprint density at radius 1 is 0.944 bits per heavy atom. The molecule has 0 aromatic heterocycles. The van der Waals surface area contributed by atoms with Gasteiger partial charge < -0.3 is 5.11 Å². The number of hydrogen-bond donors (Lipinski definition) is 1. The Bertz CT molecular complexity index is 511. The maximum Gasteiger partial charge on any atom is 0.164 e. The monoisotopic (exact) mass is 248 g/mol. The first-order chi connectivity index (χ1) is 8.68. The summed E-state index contributed by atoms with van der Waals surface area (Å²) in [7, 11) is 0. The van der Waals surface area contributed by atoms with Crippen LogP contribution in [-0.2, 0) is 6.42 Å². The Morgan fingerprint density at radius 2 is 1.67 bits per heavy atom. The minimum Gasteiger partial charge on any atom is -0.388 e. The molecule has 3 heteroatoms. The lowest BCUT2D eigenvalue weighted by molar-refractivity contribution is 0.162. The van der Waals surface area contributed by atoms with Gasteiger partial charge in [0.05, 0.1) is 6.10 Å². The lowest BCUT2D eigenvalue weighted by Crippen LogP contribution is -2.04. The Kier molecular flexibility index (Phi) is 4.05. The fourth-order valence-electron chi connectivity index (χ4n) is 1.88. The third kappa shape index (κ3) is 2.93. The fourth-order valence-corrected chi connectivity index (χ4v) is 1.88. The molecular weight excluding hydrogens is 234 g/mol.